The molecule has 0 bridgehead atoms. The number of likely N-dealkylation sites (tertiary alicyclic amines) is 1. The van der Waals surface area contributed by atoms with Gasteiger partial charge >= 0.3 is 0 Å². The number of hydrogen-bond donors (Lipinski definition) is 2. The van der Waals surface area contributed by atoms with Crippen LogP contribution in [0.1, 0.15) is 19.8 Å². The van der Waals surface area contributed by atoms with Crippen LogP contribution in [0, 0.1) is 0 Å². The van der Waals surface area contributed by atoms with Gasteiger partial charge in [0.05, 0.1) is 12.3 Å². The van der Waals surface area contributed by atoms with Crippen LogP contribution in [-0.4, -0.2) is 57.7 Å². The lowest BCUT2D eigenvalue weighted by molar-refractivity contribution is -0.122. The number of likely N-dealkylation sites (N-methyl/N-ethyl adjacent to an activating group) is 1. The Morgan fingerprint density at radius 1 is 1.35 bits per heavy atom. The molecule has 0 aromatic rings. The van der Waals surface area contributed by atoms with Gasteiger partial charge in [0.25, 0.3) is 0 Å². The third-order valence-electron chi connectivity index (χ3n) is 2.96. The number of hydrogen-bond acceptors (Lipinski definition) is 4. The molecule has 0 atom stereocenters. The van der Waals surface area contributed by atoms with Crippen LogP contribution in [0.4, 0.5) is 0 Å². The molecule has 0 radical (unpaired) electrons. The van der Waals surface area contributed by atoms with Gasteiger partial charge in [0.15, 0.2) is 0 Å². The molecule has 0 aromatic heterocycles. The molecule has 1 amide bonds. The van der Waals surface area contributed by atoms with Crippen molar-refractivity contribution in [2.75, 3.05) is 32.4 Å². The van der Waals surface area contributed by atoms with Gasteiger partial charge in [-0.25, -0.2) is 13.1 Å². The summed E-state index contributed by atoms with van der Waals surface area (Å²) in [4.78, 5) is 13.2. The summed E-state index contributed by atoms with van der Waals surface area (Å²) in [5.74, 6) is 0.114. The summed E-state index contributed by atoms with van der Waals surface area (Å²) in [6.45, 7) is 3.53. The molecule has 17 heavy (non-hydrogen) atoms. The minimum absolute atomic E-state index is 0.00223. The lowest BCUT2D eigenvalue weighted by Crippen LogP contribution is -2.47. The first-order chi connectivity index (χ1) is 7.96. The molecule has 0 aliphatic carbocycles. The molecule has 0 saturated carbocycles. The fraction of sp³-hybridized carbons (Fsp3) is 0.900. The fourth-order valence-corrected chi connectivity index (χ4v) is 2.74. The lowest BCUT2D eigenvalue weighted by Gasteiger charge is -2.31. The van der Waals surface area contributed by atoms with Gasteiger partial charge in [-0.2, -0.15) is 0 Å². The Labute approximate surface area is 103 Å². The largest absolute Gasteiger partial charge is 0.358 e. The summed E-state index contributed by atoms with van der Waals surface area (Å²) < 4.78 is 25.4. The molecule has 1 fully saturated rings. The molecule has 1 rings (SSSR count). The topological polar surface area (TPSA) is 78.5 Å². The van der Waals surface area contributed by atoms with Crippen LogP contribution < -0.4 is 10.0 Å². The molecular formula is C10H21N3O3S. The van der Waals surface area contributed by atoms with E-state index in [9.17, 15) is 13.2 Å². The average molecular weight is 263 g/mol. The number of rotatable bonds is 5. The lowest BCUT2D eigenvalue weighted by atomic mass is 10.1. The summed E-state index contributed by atoms with van der Waals surface area (Å²) in [6.07, 6.45) is 1.52. The maximum Gasteiger partial charge on any atom is 0.233 e. The predicted octanol–water partition coefficient (Wildman–Crippen LogP) is -0.864. The van der Waals surface area contributed by atoms with Crippen LogP contribution in [0.3, 0.4) is 0 Å². The Kier molecular flexibility index (Phi) is 5.35. The minimum atomic E-state index is -3.11. The van der Waals surface area contributed by atoms with E-state index in [2.05, 4.69) is 10.0 Å². The Bertz CT molecular complexity index is 348. The van der Waals surface area contributed by atoms with Crippen molar-refractivity contribution < 1.29 is 13.2 Å². The van der Waals surface area contributed by atoms with E-state index in [1.165, 1.54) is 0 Å². The molecule has 0 aromatic carbocycles. The van der Waals surface area contributed by atoms with Crippen LogP contribution in [0.5, 0.6) is 0 Å². The van der Waals surface area contributed by atoms with Crippen LogP contribution in [0.15, 0.2) is 0 Å². The van der Waals surface area contributed by atoms with Crippen molar-refractivity contribution in [1.82, 2.24) is 14.9 Å². The fourth-order valence-electron chi connectivity index (χ4n) is 1.83. The number of nitrogens with zero attached hydrogens (tertiary/aromatic N) is 1. The maximum absolute atomic E-state index is 11.4. The van der Waals surface area contributed by atoms with Gasteiger partial charge < -0.3 is 5.32 Å². The van der Waals surface area contributed by atoms with Crippen LogP contribution >= 0.6 is 0 Å². The molecule has 2 N–H and O–H groups in total. The molecule has 1 saturated heterocycles. The molecule has 100 valence electrons. The normalized spacial score (nSPS) is 19.2. The predicted molar refractivity (Wildman–Crippen MR) is 66.1 cm³/mol. The second kappa shape index (κ2) is 6.32. The van der Waals surface area contributed by atoms with Crippen molar-refractivity contribution in [2.24, 2.45) is 0 Å². The van der Waals surface area contributed by atoms with Gasteiger partial charge in [-0.1, -0.05) is 0 Å². The van der Waals surface area contributed by atoms with Crippen molar-refractivity contribution >= 4 is 15.9 Å². The molecular weight excluding hydrogens is 242 g/mol. The van der Waals surface area contributed by atoms with Crippen LogP contribution in [0.25, 0.3) is 0 Å². The highest BCUT2D eigenvalue weighted by Crippen LogP contribution is 2.10. The Hall–Kier alpha value is -0.660. The summed E-state index contributed by atoms with van der Waals surface area (Å²) >= 11 is 0. The molecule has 7 heteroatoms. The molecule has 1 aliphatic rings. The van der Waals surface area contributed by atoms with Gasteiger partial charge in [-0.05, 0) is 19.8 Å². The summed E-state index contributed by atoms with van der Waals surface area (Å²) in [6, 6.07) is 0.0147. The molecule has 0 spiro atoms. The summed E-state index contributed by atoms with van der Waals surface area (Å²) in [7, 11) is -1.50. The monoisotopic (exact) mass is 263 g/mol. The van der Waals surface area contributed by atoms with Gasteiger partial charge in [-0.3, -0.25) is 9.69 Å². The summed E-state index contributed by atoms with van der Waals surface area (Å²) in [5, 5.41) is 2.58. The van der Waals surface area contributed by atoms with Crippen LogP contribution in [0.2, 0.25) is 0 Å². The molecule has 1 aliphatic heterocycles. The standard InChI is InChI=1S/C10H21N3O3S/c1-3-17(15,16)12-9-4-6-13(7-5-9)8-10(14)11-2/h9,12H,3-8H2,1-2H3,(H,11,14). The zero-order chi connectivity index (χ0) is 12.9. The first-order valence-electron chi connectivity index (χ1n) is 5.89. The van der Waals surface area contributed by atoms with Crippen molar-refractivity contribution in [2.45, 2.75) is 25.8 Å². The number of piperidine rings is 1. The highest BCUT2D eigenvalue weighted by atomic mass is 32.2. The van der Waals surface area contributed by atoms with E-state index in [-0.39, 0.29) is 17.7 Å². The third-order valence-corrected chi connectivity index (χ3v) is 4.41. The quantitative estimate of drug-likeness (QED) is 0.676. The summed E-state index contributed by atoms with van der Waals surface area (Å²) in [5.41, 5.74) is 0. The van der Waals surface area contributed by atoms with Crippen molar-refractivity contribution in [3.8, 4) is 0 Å². The Balaban J connectivity index is 2.33. The second-order valence-corrected chi connectivity index (χ2v) is 6.29. The number of carbonyl (C=O) groups is 1. The molecule has 0 unspecified atom stereocenters. The number of carbonyl (C=O) groups excluding carboxylic acids is 1. The first-order valence-corrected chi connectivity index (χ1v) is 7.55. The minimum Gasteiger partial charge on any atom is -0.358 e. The van der Waals surface area contributed by atoms with E-state index in [1.54, 1.807) is 14.0 Å². The van der Waals surface area contributed by atoms with Crippen LogP contribution in [-0.2, 0) is 14.8 Å². The van der Waals surface area contributed by atoms with E-state index in [1.807, 2.05) is 4.90 Å². The molecule has 6 nitrogen and oxygen atoms in total. The SMILES string of the molecule is CCS(=O)(=O)NC1CCN(CC(=O)NC)CC1. The highest BCUT2D eigenvalue weighted by Gasteiger charge is 2.23. The van der Waals surface area contributed by atoms with Gasteiger partial charge in [-0.15, -0.1) is 0 Å². The third kappa shape index (κ3) is 5.01. The average Bonchev–Trinajstić information content (AvgIpc) is 2.31. The Morgan fingerprint density at radius 3 is 2.41 bits per heavy atom. The zero-order valence-corrected chi connectivity index (χ0v) is 11.2. The molecule has 1 heterocycles. The maximum atomic E-state index is 11.4. The first kappa shape index (κ1) is 14.4. The number of amides is 1. The second-order valence-electron chi connectivity index (χ2n) is 4.24. The van der Waals surface area contributed by atoms with E-state index < -0.39 is 10.0 Å². The van der Waals surface area contributed by atoms with E-state index >= 15 is 0 Å². The van der Waals surface area contributed by atoms with Gasteiger partial charge in [0.1, 0.15) is 0 Å². The smallest absolute Gasteiger partial charge is 0.233 e. The van der Waals surface area contributed by atoms with E-state index in [4.69, 9.17) is 0 Å². The van der Waals surface area contributed by atoms with Crippen molar-refractivity contribution in [3.63, 3.8) is 0 Å². The van der Waals surface area contributed by atoms with Gasteiger partial charge in [0.2, 0.25) is 15.9 Å². The van der Waals surface area contributed by atoms with E-state index in [0.29, 0.717) is 6.54 Å². The highest BCUT2D eigenvalue weighted by molar-refractivity contribution is 7.89. The van der Waals surface area contributed by atoms with E-state index in [0.717, 1.165) is 25.9 Å². The number of sulfonamides is 1. The number of nitrogens with one attached hydrogen (secondary N) is 2. The van der Waals surface area contributed by atoms with Gasteiger partial charge in [0, 0.05) is 26.2 Å². The Morgan fingerprint density at radius 2 is 1.94 bits per heavy atom. The van der Waals surface area contributed by atoms with Crippen molar-refractivity contribution in [3.05, 3.63) is 0 Å². The van der Waals surface area contributed by atoms with Crippen molar-refractivity contribution in [1.29, 1.82) is 0 Å². The zero-order valence-electron chi connectivity index (χ0n) is 10.4.